The third kappa shape index (κ3) is 4.06. The topological polar surface area (TPSA) is 106 Å². The molecule has 160 valence electrons. The second kappa shape index (κ2) is 7.95. The van der Waals surface area contributed by atoms with Crippen molar-refractivity contribution in [2.24, 2.45) is 0 Å². The molecule has 4 rings (SSSR count). The molecule has 0 amide bonds. The highest BCUT2D eigenvalue weighted by Gasteiger charge is 2.34. The minimum Gasteiger partial charge on any atom is -0.373 e. The first-order chi connectivity index (χ1) is 14.8. The first kappa shape index (κ1) is 20.7. The van der Waals surface area contributed by atoms with Crippen LogP contribution < -0.4 is 10.6 Å². The Morgan fingerprint density at radius 2 is 1.77 bits per heavy atom. The molecule has 1 unspecified atom stereocenters. The van der Waals surface area contributed by atoms with Gasteiger partial charge in [0.15, 0.2) is 11.6 Å². The quantitative estimate of drug-likeness (QED) is 0.472. The maximum absolute atomic E-state index is 13.4. The minimum atomic E-state index is -4.61. The number of rotatable bonds is 5. The van der Waals surface area contributed by atoms with Gasteiger partial charge in [-0.3, -0.25) is 0 Å². The monoisotopic (exact) mass is 449 g/mol. The highest BCUT2D eigenvalue weighted by atomic mass is 35.5. The molecule has 0 spiro atoms. The molecule has 31 heavy (non-hydrogen) atoms. The minimum absolute atomic E-state index is 0.0749. The number of hydrogen-bond donors (Lipinski definition) is 2. The summed E-state index contributed by atoms with van der Waals surface area (Å²) in [4.78, 5) is 20.4. The maximum Gasteiger partial charge on any atom is 0.418 e. The summed E-state index contributed by atoms with van der Waals surface area (Å²) < 4.78 is 41.8. The van der Waals surface area contributed by atoms with Gasteiger partial charge in [-0.05, 0) is 19.1 Å². The third-order valence-corrected chi connectivity index (χ3v) is 4.67. The Kier molecular flexibility index (Phi) is 5.31. The van der Waals surface area contributed by atoms with Gasteiger partial charge in [0.25, 0.3) is 0 Å². The van der Waals surface area contributed by atoms with Crippen LogP contribution in [-0.2, 0) is 6.18 Å². The molecule has 0 aliphatic carbocycles. The molecule has 1 atom stereocenters. The summed E-state index contributed by atoms with van der Waals surface area (Å²) in [7, 11) is 1.72. The van der Waals surface area contributed by atoms with E-state index in [1.165, 1.54) is 23.4 Å². The molecule has 0 radical (unpaired) electrons. The van der Waals surface area contributed by atoms with E-state index in [9.17, 15) is 13.2 Å². The number of nitrogens with zero attached hydrogens (tertiary/aromatic N) is 7. The van der Waals surface area contributed by atoms with Gasteiger partial charge in [-0.1, -0.05) is 11.6 Å². The lowest BCUT2D eigenvalue weighted by atomic mass is 10.1. The van der Waals surface area contributed by atoms with E-state index in [0.717, 1.165) is 12.4 Å². The van der Waals surface area contributed by atoms with Gasteiger partial charge in [-0.2, -0.15) is 23.0 Å². The summed E-state index contributed by atoms with van der Waals surface area (Å²) in [6.07, 6.45) is -0.817. The normalized spacial score (nSPS) is 12.7. The molecule has 0 fully saturated rings. The van der Waals surface area contributed by atoms with Crippen molar-refractivity contribution in [1.82, 2.24) is 34.7 Å². The number of anilines is 2. The molecule has 3 aromatic heterocycles. The summed E-state index contributed by atoms with van der Waals surface area (Å²) in [6, 6.07) is 3.41. The summed E-state index contributed by atoms with van der Waals surface area (Å²) in [5, 5.41) is 10.2. The lowest BCUT2D eigenvalue weighted by molar-refractivity contribution is -0.136. The highest BCUT2D eigenvalue weighted by Crippen LogP contribution is 2.38. The molecule has 0 aliphatic rings. The van der Waals surface area contributed by atoms with Gasteiger partial charge < -0.3 is 10.6 Å². The first-order valence-electron chi connectivity index (χ1n) is 8.96. The van der Waals surface area contributed by atoms with E-state index in [2.05, 4.69) is 40.7 Å². The van der Waals surface area contributed by atoms with E-state index in [-0.39, 0.29) is 21.7 Å². The number of benzene rings is 1. The fourth-order valence-corrected chi connectivity index (χ4v) is 3.27. The van der Waals surface area contributed by atoms with Crippen molar-refractivity contribution >= 4 is 34.1 Å². The van der Waals surface area contributed by atoms with Crippen LogP contribution in [0.2, 0.25) is 5.02 Å². The average Bonchev–Trinajstić information content (AvgIpc) is 3.23. The summed E-state index contributed by atoms with van der Waals surface area (Å²) in [6.45, 7) is 1.77. The lowest BCUT2D eigenvalue weighted by Crippen LogP contribution is -2.16. The number of aromatic nitrogens is 7. The van der Waals surface area contributed by atoms with E-state index in [1.807, 2.05) is 0 Å². The van der Waals surface area contributed by atoms with Crippen molar-refractivity contribution in [2.75, 3.05) is 17.7 Å². The fraction of sp³-hybridized carbons (Fsp3) is 0.222. The number of nitrogens with one attached hydrogen (secondary N) is 2. The summed E-state index contributed by atoms with van der Waals surface area (Å²) in [5.74, 6) is 1.70. The Labute approximate surface area is 178 Å². The second-order valence-corrected chi connectivity index (χ2v) is 6.91. The average molecular weight is 450 g/mol. The van der Waals surface area contributed by atoms with Gasteiger partial charge in [0, 0.05) is 23.5 Å². The zero-order valence-electron chi connectivity index (χ0n) is 16.2. The Morgan fingerprint density at radius 3 is 2.52 bits per heavy atom. The molecule has 4 aromatic rings. The van der Waals surface area contributed by atoms with Crippen molar-refractivity contribution in [3.63, 3.8) is 0 Å². The molecule has 3 heterocycles. The van der Waals surface area contributed by atoms with Crippen molar-refractivity contribution in [3.05, 3.63) is 53.6 Å². The SMILES string of the molecule is CNc1cc(-n2ncnc2C(C)Nc2ncnc3c(C(F)(F)F)cc(Cl)cc23)ncn1. The smallest absolute Gasteiger partial charge is 0.373 e. The summed E-state index contributed by atoms with van der Waals surface area (Å²) in [5.41, 5.74) is -1.19. The number of fused-ring (bicyclic) bond motifs is 1. The van der Waals surface area contributed by atoms with Crippen LogP contribution in [0, 0.1) is 0 Å². The van der Waals surface area contributed by atoms with Gasteiger partial charge in [0.1, 0.15) is 30.6 Å². The lowest BCUT2D eigenvalue weighted by Gasteiger charge is -2.17. The number of alkyl halides is 3. The van der Waals surface area contributed by atoms with E-state index in [0.29, 0.717) is 17.5 Å². The maximum atomic E-state index is 13.4. The van der Waals surface area contributed by atoms with Crippen LogP contribution >= 0.6 is 11.6 Å². The van der Waals surface area contributed by atoms with Crippen molar-refractivity contribution in [3.8, 4) is 5.82 Å². The van der Waals surface area contributed by atoms with Crippen molar-refractivity contribution < 1.29 is 13.2 Å². The van der Waals surface area contributed by atoms with Gasteiger partial charge in [0.2, 0.25) is 0 Å². The zero-order valence-corrected chi connectivity index (χ0v) is 16.9. The molecule has 1 aromatic carbocycles. The standard InChI is InChI=1S/C18H15ClF3N9/c1-9(17-28-8-29-31(17)14-5-13(23-2)24-6-25-14)30-16-11-3-10(19)4-12(18(20,21)22)15(11)26-7-27-16/h3-9H,1-2H3,(H,23,24,25)(H,26,27,30). The Bertz CT molecular complexity index is 1240. The predicted octanol–water partition coefficient (Wildman–Crippen LogP) is 3.89. The molecule has 0 aliphatic heterocycles. The van der Waals surface area contributed by atoms with Crippen LogP contribution in [0.3, 0.4) is 0 Å². The largest absolute Gasteiger partial charge is 0.418 e. The van der Waals surface area contributed by atoms with E-state index < -0.39 is 17.8 Å². The Hall–Kier alpha value is -3.54. The fourth-order valence-electron chi connectivity index (χ4n) is 3.06. The molecule has 0 saturated carbocycles. The predicted molar refractivity (Wildman–Crippen MR) is 108 cm³/mol. The Morgan fingerprint density at radius 1 is 1.00 bits per heavy atom. The van der Waals surface area contributed by atoms with E-state index >= 15 is 0 Å². The van der Waals surface area contributed by atoms with Crippen LogP contribution in [0.15, 0.2) is 37.2 Å². The van der Waals surface area contributed by atoms with Crippen LogP contribution in [0.5, 0.6) is 0 Å². The molecule has 2 N–H and O–H groups in total. The molecular formula is C18H15ClF3N9. The molecule has 13 heteroatoms. The molecule has 9 nitrogen and oxygen atoms in total. The second-order valence-electron chi connectivity index (χ2n) is 6.48. The van der Waals surface area contributed by atoms with Crippen LogP contribution in [0.25, 0.3) is 16.7 Å². The van der Waals surface area contributed by atoms with Gasteiger partial charge in [-0.15, -0.1) is 0 Å². The van der Waals surface area contributed by atoms with Crippen LogP contribution in [-0.4, -0.2) is 41.7 Å². The van der Waals surface area contributed by atoms with Gasteiger partial charge >= 0.3 is 6.18 Å². The third-order valence-electron chi connectivity index (χ3n) is 4.45. The van der Waals surface area contributed by atoms with Gasteiger partial charge in [-0.25, -0.2) is 24.9 Å². The summed E-state index contributed by atoms with van der Waals surface area (Å²) >= 11 is 5.94. The molecule has 0 saturated heterocycles. The van der Waals surface area contributed by atoms with Crippen LogP contribution in [0.4, 0.5) is 24.8 Å². The van der Waals surface area contributed by atoms with Crippen molar-refractivity contribution in [2.45, 2.75) is 19.1 Å². The highest BCUT2D eigenvalue weighted by molar-refractivity contribution is 6.31. The van der Waals surface area contributed by atoms with E-state index in [1.54, 1.807) is 20.0 Å². The molecular weight excluding hydrogens is 435 g/mol. The number of hydrogen-bond acceptors (Lipinski definition) is 8. The zero-order chi connectivity index (χ0) is 22.2. The van der Waals surface area contributed by atoms with E-state index in [4.69, 9.17) is 11.6 Å². The Balaban J connectivity index is 1.73. The first-order valence-corrected chi connectivity index (χ1v) is 9.34. The molecule has 0 bridgehead atoms. The number of halogens is 4. The van der Waals surface area contributed by atoms with Gasteiger partial charge in [0.05, 0.1) is 17.1 Å². The van der Waals surface area contributed by atoms with Crippen LogP contribution in [0.1, 0.15) is 24.4 Å². The van der Waals surface area contributed by atoms with Crippen molar-refractivity contribution in [1.29, 1.82) is 0 Å².